The molecule has 174 valence electrons. The van der Waals surface area contributed by atoms with Crippen LogP contribution in [0.5, 0.6) is 0 Å². The molecule has 0 bridgehead atoms. The molecule has 2 saturated carbocycles. The first-order valence-corrected chi connectivity index (χ1v) is 16.6. The van der Waals surface area contributed by atoms with Crippen LogP contribution in [-0.2, 0) is 19.0 Å². The van der Waals surface area contributed by atoms with Gasteiger partial charge in [-0.2, -0.15) is 11.8 Å². The third kappa shape index (κ3) is 3.78. The lowest BCUT2D eigenvalue weighted by molar-refractivity contribution is -0.203. The minimum atomic E-state index is -1.20. The maximum atomic E-state index is 13.3. The quantitative estimate of drug-likeness (QED) is 0.338. The Balaban J connectivity index is 1.20. The van der Waals surface area contributed by atoms with Crippen molar-refractivity contribution >= 4 is 31.8 Å². The lowest BCUT2D eigenvalue weighted by Crippen LogP contribution is -2.66. The normalized spacial score (nSPS) is 29.3. The highest BCUT2D eigenvalue weighted by Crippen LogP contribution is 2.58. The van der Waals surface area contributed by atoms with Crippen molar-refractivity contribution in [3.63, 3.8) is 0 Å². The average Bonchev–Trinajstić information content (AvgIpc) is 3.19. The highest BCUT2D eigenvalue weighted by molar-refractivity contribution is 8.01. The van der Waals surface area contributed by atoms with E-state index in [9.17, 15) is 9.59 Å². The van der Waals surface area contributed by atoms with Gasteiger partial charge in [0.2, 0.25) is 0 Å². The average molecular weight is 469 g/mol. The second-order valence-electron chi connectivity index (χ2n) is 11.4. The van der Waals surface area contributed by atoms with Crippen LogP contribution in [0.4, 0.5) is 4.79 Å². The second-order valence-corrected chi connectivity index (χ2v) is 18.0. The van der Waals surface area contributed by atoms with Crippen LogP contribution in [0, 0.1) is 5.41 Å². The van der Waals surface area contributed by atoms with E-state index in [0.717, 1.165) is 56.1 Å². The largest absolute Gasteiger partial charge is 0.361 e. The topological polar surface area (TPSA) is 68.3 Å². The Bertz CT molecular complexity index is 729. The fraction of sp³-hybridized carbons (Fsp3) is 0.909. The molecule has 0 radical (unpaired) electrons. The minimum Gasteiger partial charge on any atom is -0.361 e. The zero-order valence-corrected chi connectivity index (χ0v) is 20.9. The van der Waals surface area contributed by atoms with Gasteiger partial charge in [-0.25, -0.2) is 9.69 Å². The van der Waals surface area contributed by atoms with E-state index in [4.69, 9.17) is 14.2 Å². The van der Waals surface area contributed by atoms with Crippen molar-refractivity contribution in [2.75, 3.05) is 38.1 Å². The Kier molecular flexibility index (Phi) is 5.53. The summed E-state index contributed by atoms with van der Waals surface area (Å²) in [6, 6.07) is 1.07. The number of carbonyl (C=O) groups is 2. The van der Waals surface area contributed by atoms with Gasteiger partial charge in [0.25, 0.3) is 5.91 Å². The van der Waals surface area contributed by atoms with E-state index >= 15 is 0 Å². The molecule has 3 aliphatic heterocycles. The fourth-order valence-corrected chi connectivity index (χ4v) is 7.82. The van der Waals surface area contributed by atoms with Crippen LogP contribution >= 0.6 is 11.8 Å². The molecule has 31 heavy (non-hydrogen) atoms. The first-order chi connectivity index (χ1) is 14.7. The Labute approximate surface area is 190 Å². The molecule has 5 fully saturated rings. The number of rotatable bonds is 6. The number of hydrogen-bond acceptors (Lipinski definition) is 6. The van der Waals surface area contributed by atoms with E-state index in [0.29, 0.717) is 19.8 Å². The van der Waals surface area contributed by atoms with Crippen molar-refractivity contribution in [2.45, 2.75) is 81.6 Å². The molecular weight excluding hydrogens is 432 g/mol. The van der Waals surface area contributed by atoms with Crippen LogP contribution in [0.3, 0.4) is 0 Å². The Morgan fingerprint density at radius 2 is 1.71 bits per heavy atom. The third-order valence-electron chi connectivity index (χ3n) is 8.03. The fourth-order valence-electron chi connectivity index (χ4n) is 5.94. The van der Waals surface area contributed by atoms with Crippen LogP contribution in [0.1, 0.15) is 38.5 Å². The Morgan fingerprint density at radius 1 is 1.06 bits per heavy atom. The highest BCUT2D eigenvalue weighted by Gasteiger charge is 2.66. The minimum absolute atomic E-state index is 0.0412. The number of thioether (sulfide) groups is 1. The van der Waals surface area contributed by atoms with Crippen LogP contribution in [-0.4, -0.2) is 85.2 Å². The molecule has 9 heteroatoms. The molecule has 0 aromatic carbocycles. The lowest BCUT2D eigenvalue weighted by Gasteiger charge is -2.58. The van der Waals surface area contributed by atoms with Gasteiger partial charge in [0.1, 0.15) is 12.3 Å². The zero-order valence-electron chi connectivity index (χ0n) is 19.1. The van der Waals surface area contributed by atoms with Crippen molar-refractivity contribution in [1.82, 2.24) is 9.80 Å². The highest BCUT2D eigenvalue weighted by atomic mass is 32.2. The molecule has 3 spiro atoms. The van der Waals surface area contributed by atoms with E-state index in [1.54, 1.807) is 11.8 Å². The van der Waals surface area contributed by atoms with Gasteiger partial charge in [0.15, 0.2) is 5.79 Å². The van der Waals surface area contributed by atoms with E-state index in [-0.39, 0.29) is 35.9 Å². The first-order valence-electron chi connectivity index (χ1n) is 11.8. The van der Waals surface area contributed by atoms with Gasteiger partial charge in [-0.1, -0.05) is 19.6 Å². The third-order valence-corrected chi connectivity index (χ3v) is 11.1. The van der Waals surface area contributed by atoms with E-state index in [2.05, 4.69) is 19.6 Å². The van der Waals surface area contributed by atoms with E-state index < -0.39 is 13.6 Å². The van der Waals surface area contributed by atoms with Crippen LogP contribution in [0.15, 0.2) is 0 Å². The van der Waals surface area contributed by atoms with Crippen molar-refractivity contribution in [3.05, 3.63) is 0 Å². The molecule has 5 aliphatic rings. The lowest BCUT2D eigenvalue weighted by atomic mass is 9.57. The number of nitrogens with zero attached hydrogens (tertiary/aromatic N) is 2. The number of imide groups is 1. The molecule has 2 aliphatic carbocycles. The molecule has 0 aromatic heterocycles. The molecule has 0 unspecified atom stereocenters. The van der Waals surface area contributed by atoms with Gasteiger partial charge in [-0.05, 0) is 37.1 Å². The predicted molar refractivity (Wildman–Crippen MR) is 122 cm³/mol. The van der Waals surface area contributed by atoms with Crippen LogP contribution in [0.25, 0.3) is 0 Å². The van der Waals surface area contributed by atoms with E-state index in [1.807, 2.05) is 4.90 Å². The van der Waals surface area contributed by atoms with Gasteiger partial charge < -0.3 is 19.1 Å². The molecule has 0 aromatic rings. The summed E-state index contributed by atoms with van der Waals surface area (Å²) in [4.78, 5) is 29.9. The second kappa shape index (κ2) is 7.72. The number of amides is 3. The van der Waals surface area contributed by atoms with Crippen LogP contribution in [0.2, 0.25) is 25.7 Å². The molecular formula is C22H36N2O5SSi. The summed E-state index contributed by atoms with van der Waals surface area (Å²) in [5.74, 6) is 1.06. The SMILES string of the molecule is C[Si](C)(C)CCOCN1C(=O)N(C2CC3(CCC4(CC3)OCCO4)C2)C2(CSC2)C1=O. The molecule has 7 nitrogen and oxygen atoms in total. The molecule has 0 atom stereocenters. The zero-order chi connectivity index (χ0) is 21.9. The van der Waals surface area contributed by atoms with Crippen molar-refractivity contribution < 1.29 is 23.8 Å². The molecule has 0 N–H and O–H groups in total. The Morgan fingerprint density at radius 3 is 2.26 bits per heavy atom. The monoisotopic (exact) mass is 468 g/mol. The standard InChI is InChI=1S/C22H36N2O5SSi/c1-31(2,3)11-10-27-16-23-18(25)21(14-30-15-21)24(19(23)26)17-12-20(13-17)4-6-22(7-5-20)28-8-9-29-22/h17H,4-16H2,1-3H3. The van der Waals surface area contributed by atoms with Gasteiger partial charge in [0, 0.05) is 45.1 Å². The molecule has 3 amide bonds. The summed E-state index contributed by atoms with van der Waals surface area (Å²) < 4.78 is 17.6. The van der Waals surface area contributed by atoms with Crippen molar-refractivity contribution in [2.24, 2.45) is 5.41 Å². The smallest absolute Gasteiger partial charge is 0.329 e. The maximum absolute atomic E-state index is 13.3. The van der Waals surface area contributed by atoms with Crippen molar-refractivity contribution in [1.29, 1.82) is 0 Å². The van der Waals surface area contributed by atoms with Gasteiger partial charge in [-0.3, -0.25) is 4.79 Å². The Hall–Kier alpha value is -0.613. The van der Waals surface area contributed by atoms with Gasteiger partial charge in [0.05, 0.1) is 13.2 Å². The first kappa shape index (κ1) is 22.2. The number of carbonyl (C=O) groups excluding carboxylic acids is 2. The number of ether oxygens (including phenoxy) is 3. The van der Waals surface area contributed by atoms with Gasteiger partial charge in [-0.15, -0.1) is 0 Å². The maximum Gasteiger partial charge on any atom is 0.329 e. The summed E-state index contributed by atoms with van der Waals surface area (Å²) in [7, 11) is -1.20. The summed E-state index contributed by atoms with van der Waals surface area (Å²) in [5, 5.41) is 0. The molecule has 3 saturated heterocycles. The van der Waals surface area contributed by atoms with Crippen molar-refractivity contribution in [3.8, 4) is 0 Å². The molecule has 3 heterocycles. The number of hydrogen-bond donors (Lipinski definition) is 0. The summed E-state index contributed by atoms with van der Waals surface area (Å²) in [5.41, 5.74) is -0.336. The molecule has 5 rings (SSSR count). The van der Waals surface area contributed by atoms with E-state index in [1.165, 1.54) is 4.90 Å². The summed E-state index contributed by atoms with van der Waals surface area (Å²) in [6.45, 7) is 9.03. The summed E-state index contributed by atoms with van der Waals surface area (Å²) >= 11 is 1.76. The van der Waals surface area contributed by atoms with Gasteiger partial charge >= 0.3 is 6.03 Å². The number of urea groups is 1. The predicted octanol–water partition coefficient (Wildman–Crippen LogP) is 3.51. The van der Waals surface area contributed by atoms with Crippen LogP contribution < -0.4 is 0 Å². The summed E-state index contributed by atoms with van der Waals surface area (Å²) in [6.07, 6.45) is 6.07.